The van der Waals surface area contributed by atoms with E-state index >= 15 is 0 Å². The molecule has 2 heterocycles. The fourth-order valence-corrected chi connectivity index (χ4v) is 2.20. The summed E-state index contributed by atoms with van der Waals surface area (Å²) < 4.78 is 31.0. The van der Waals surface area contributed by atoms with Gasteiger partial charge in [0.25, 0.3) is 12.3 Å². The van der Waals surface area contributed by atoms with E-state index in [-0.39, 0.29) is 16.8 Å². The van der Waals surface area contributed by atoms with Crippen LogP contribution in [0.1, 0.15) is 35.2 Å². The van der Waals surface area contributed by atoms with Gasteiger partial charge in [0, 0.05) is 25.5 Å². The highest BCUT2D eigenvalue weighted by atomic mass is 35.5. The van der Waals surface area contributed by atoms with E-state index in [1.165, 1.54) is 12.3 Å². The summed E-state index contributed by atoms with van der Waals surface area (Å²) in [7, 11) is 0. The van der Waals surface area contributed by atoms with Crippen LogP contribution in [0.2, 0.25) is 5.15 Å². The first-order valence-electron chi connectivity index (χ1n) is 5.90. The van der Waals surface area contributed by atoms with Gasteiger partial charge in [-0.25, -0.2) is 13.8 Å². The smallest absolute Gasteiger partial charge is 0.267 e. The number of ether oxygens (including phenoxy) is 1. The SMILES string of the molecule is O=C(NC1CCOCC1)c1ccnc(Cl)c1C(F)F. The van der Waals surface area contributed by atoms with Crippen molar-refractivity contribution < 1.29 is 18.3 Å². The summed E-state index contributed by atoms with van der Waals surface area (Å²) in [5.41, 5.74) is -0.643. The van der Waals surface area contributed by atoms with Gasteiger partial charge in [-0.05, 0) is 18.9 Å². The Balaban J connectivity index is 2.16. The normalized spacial score (nSPS) is 16.6. The maximum Gasteiger partial charge on any atom is 0.267 e. The number of alkyl halides is 2. The van der Waals surface area contributed by atoms with Crippen molar-refractivity contribution in [2.45, 2.75) is 25.3 Å². The molecule has 1 aliphatic rings. The first-order chi connectivity index (χ1) is 9.09. The lowest BCUT2D eigenvalue weighted by atomic mass is 10.1. The molecular formula is C12H13ClF2N2O2. The Hall–Kier alpha value is -1.27. The molecule has 104 valence electrons. The van der Waals surface area contributed by atoms with Gasteiger partial charge in [0.2, 0.25) is 0 Å². The molecule has 0 aromatic carbocycles. The van der Waals surface area contributed by atoms with Crippen LogP contribution in [0.5, 0.6) is 0 Å². The summed E-state index contributed by atoms with van der Waals surface area (Å²) >= 11 is 5.62. The fraction of sp³-hybridized carbons (Fsp3) is 0.500. The third-order valence-corrected chi connectivity index (χ3v) is 3.26. The van der Waals surface area contributed by atoms with Crippen LogP contribution in [0.15, 0.2) is 12.3 Å². The minimum absolute atomic E-state index is 0.0567. The molecule has 0 saturated carbocycles. The number of nitrogens with zero attached hydrogens (tertiary/aromatic N) is 1. The molecule has 0 bridgehead atoms. The molecule has 1 aliphatic heterocycles. The highest BCUT2D eigenvalue weighted by Gasteiger charge is 2.24. The second kappa shape index (κ2) is 6.25. The van der Waals surface area contributed by atoms with Crippen LogP contribution in [-0.2, 0) is 4.74 Å². The Morgan fingerprint density at radius 2 is 2.16 bits per heavy atom. The Kier molecular flexibility index (Phi) is 4.66. The van der Waals surface area contributed by atoms with Crippen molar-refractivity contribution in [1.82, 2.24) is 10.3 Å². The quantitative estimate of drug-likeness (QED) is 0.871. The molecule has 1 aromatic heterocycles. The predicted octanol–water partition coefficient (Wildman–Crippen LogP) is 2.58. The molecule has 19 heavy (non-hydrogen) atoms. The molecule has 0 spiro atoms. The number of aromatic nitrogens is 1. The molecule has 1 saturated heterocycles. The molecule has 0 aliphatic carbocycles. The van der Waals surface area contributed by atoms with E-state index in [0.29, 0.717) is 26.1 Å². The Labute approximate surface area is 114 Å². The van der Waals surface area contributed by atoms with Gasteiger partial charge in [0.05, 0.1) is 11.1 Å². The van der Waals surface area contributed by atoms with Gasteiger partial charge < -0.3 is 10.1 Å². The second-order valence-corrected chi connectivity index (χ2v) is 4.58. The number of hydrogen-bond donors (Lipinski definition) is 1. The molecular weight excluding hydrogens is 278 g/mol. The fourth-order valence-electron chi connectivity index (χ4n) is 1.96. The summed E-state index contributed by atoms with van der Waals surface area (Å²) in [5.74, 6) is -0.550. The Bertz CT molecular complexity index is 465. The molecule has 0 unspecified atom stereocenters. The number of pyridine rings is 1. The van der Waals surface area contributed by atoms with Gasteiger partial charge in [-0.2, -0.15) is 0 Å². The largest absolute Gasteiger partial charge is 0.381 e. The lowest BCUT2D eigenvalue weighted by molar-refractivity contribution is 0.0691. The van der Waals surface area contributed by atoms with Gasteiger partial charge in [-0.15, -0.1) is 0 Å². The topological polar surface area (TPSA) is 51.2 Å². The second-order valence-electron chi connectivity index (χ2n) is 4.22. The highest BCUT2D eigenvalue weighted by molar-refractivity contribution is 6.30. The van der Waals surface area contributed by atoms with E-state index in [2.05, 4.69) is 10.3 Å². The van der Waals surface area contributed by atoms with Gasteiger partial charge in [0.15, 0.2) is 0 Å². The summed E-state index contributed by atoms with van der Waals surface area (Å²) in [6.45, 7) is 1.12. The zero-order chi connectivity index (χ0) is 13.8. The van der Waals surface area contributed by atoms with Crippen molar-refractivity contribution in [3.63, 3.8) is 0 Å². The van der Waals surface area contributed by atoms with Crippen LogP contribution in [-0.4, -0.2) is 30.1 Å². The summed E-state index contributed by atoms with van der Waals surface area (Å²) in [6, 6.07) is 1.20. The van der Waals surface area contributed by atoms with Crippen molar-refractivity contribution in [1.29, 1.82) is 0 Å². The molecule has 1 amide bonds. The molecule has 2 rings (SSSR count). The van der Waals surface area contributed by atoms with E-state index in [9.17, 15) is 13.6 Å². The van der Waals surface area contributed by atoms with E-state index in [4.69, 9.17) is 16.3 Å². The molecule has 1 N–H and O–H groups in total. The number of carbonyl (C=O) groups is 1. The predicted molar refractivity (Wildman–Crippen MR) is 65.5 cm³/mol. The minimum Gasteiger partial charge on any atom is -0.381 e. The number of nitrogens with one attached hydrogen (secondary N) is 1. The highest BCUT2D eigenvalue weighted by Crippen LogP contribution is 2.28. The number of halogens is 3. The van der Waals surface area contributed by atoms with E-state index in [0.717, 1.165) is 0 Å². The first-order valence-corrected chi connectivity index (χ1v) is 6.28. The lowest BCUT2D eigenvalue weighted by Gasteiger charge is -2.23. The molecule has 0 radical (unpaired) electrons. The Morgan fingerprint density at radius 1 is 1.47 bits per heavy atom. The van der Waals surface area contributed by atoms with Gasteiger partial charge in [-0.1, -0.05) is 11.6 Å². The van der Waals surface area contributed by atoms with Crippen LogP contribution in [0.3, 0.4) is 0 Å². The van der Waals surface area contributed by atoms with Crippen LogP contribution in [0.4, 0.5) is 8.78 Å². The van der Waals surface area contributed by atoms with Crippen molar-refractivity contribution in [2.24, 2.45) is 0 Å². The molecule has 1 aromatic rings. The van der Waals surface area contributed by atoms with E-state index in [1.807, 2.05) is 0 Å². The number of hydrogen-bond acceptors (Lipinski definition) is 3. The van der Waals surface area contributed by atoms with Crippen LogP contribution >= 0.6 is 11.6 Å². The standard InChI is InChI=1S/C12H13ClF2N2O2/c13-10-9(11(14)15)8(1-4-16-10)12(18)17-7-2-5-19-6-3-7/h1,4,7,11H,2-3,5-6H2,(H,17,18). The monoisotopic (exact) mass is 290 g/mol. The van der Waals surface area contributed by atoms with Crippen molar-refractivity contribution >= 4 is 17.5 Å². The molecule has 4 nitrogen and oxygen atoms in total. The van der Waals surface area contributed by atoms with Gasteiger partial charge >= 0.3 is 0 Å². The summed E-state index contributed by atoms with van der Waals surface area (Å²) in [4.78, 5) is 15.6. The zero-order valence-electron chi connectivity index (χ0n) is 10.0. The maximum absolute atomic E-state index is 12.9. The molecule has 0 atom stereocenters. The van der Waals surface area contributed by atoms with Crippen molar-refractivity contribution in [2.75, 3.05) is 13.2 Å². The number of carbonyl (C=O) groups excluding carboxylic acids is 1. The van der Waals surface area contributed by atoms with Gasteiger partial charge in [-0.3, -0.25) is 4.79 Å². The first kappa shape index (κ1) is 14.1. The maximum atomic E-state index is 12.9. The number of rotatable bonds is 3. The van der Waals surface area contributed by atoms with Crippen LogP contribution < -0.4 is 5.32 Å². The zero-order valence-corrected chi connectivity index (χ0v) is 10.8. The summed E-state index contributed by atoms with van der Waals surface area (Å²) in [5, 5.41) is 2.38. The summed E-state index contributed by atoms with van der Waals surface area (Å²) in [6.07, 6.45) is -0.243. The Morgan fingerprint density at radius 3 is 2.79 bits per heavy atom. The number of amides is 1. The lowest BCUT2D eigenvalue weighted by Crippen LogP contribution is -2.39. The van der Waals surface area contributed by atoms with Crippen LogP contribution in [0, 0.1) is 0 Å². The van der Waals surface area contributed by atoms with Crippen molar-refractivity contribution in [3.8, 4) is 0 Å². The van der Waals surface area contributed by atoms with E-state index in [1.54, 1.807) is 0 Å². The van der Waals surface area contributed by atoms with E-state index < -0.39 is 17.9 Å². The van der Waals surface area contributed by atoms with Crippen molar-refractivity contribution in [3.05, 3.63) is 28.5 Å². The molecule has 1 fully saturated rings. The minimum atomic E-state index is -2.84. The third-order valence-electron chi connectivity index (χ3n) is 2.96. The van der Waals surface area contributed by atoms with Crippen LogP contribution in [0.25, 0.3) is 0 Å². The average Bonchev–Trinajstić information content (AvgIpc) is 2.39. The van der Waals surface area contributed by atoms with Gasteiger partial charge in [0.1, 0.15) is 5.15 Å². The average molecular weight is 291 g/mol. The third kappa shape index (κ3) is 3.39. The molecule has 7 heteroatoms.